The molecule has 0 aliphatic rings. The summed E-state index contributed by atoms with van der Waals surface area (Å²) in [6.07, 6.45) is 21.9. The van der Waals surface area contributed by atoms with Gasteiger partial charge in [0, 0.05) is 0 Å². The average Bonchev–Trinajstić information content (AvgIpc) is 3.03. The largest absolute Gasteiger partial charge is 0.481 e. The fourth-order valence-corrected chi connectivity index (χ4v) is 5.54. The summed E-state index contributed by atoms with van der Waals surface area (Å²) in [5.41, 5.74) is 0. The van der Waals surface area contributed by atoms with Crippen LogP contribution in [0.3, 0.4) is 0 Å². The maximum atomic E-state index is 5.82. The highest BCUT2D eigenvalue weighted by molar-refractivity contribution is 6.39. The Bertz CT molecular complexity index is 1880. The lowest BCUT2D eigenvalue weighted by Crippen LogP contribution is -1.97. The van der Waals surface area contributed by atoms with Crippen LogP contribution in [0.4, 0.5) is 0 Å². The molecule has 0 saturated carbocycles. The lowest BCUT2D eigenvalue weighted by Gasteiger charge is -2.18. The molecule has 0 N–H and O–H groups in total. The first kappa shape index (κ1) is 26.3. The molecule has 0 spiro atoms. The Hall–Kier alpha value is -5.94. The van der Waals surface area contributed by atoms with Crippen LogP contribution in [0, 0.1) is 49.4 Å². The topological polar surface area (TPSA) is 36.9 Å². The Morgan fingerprint density at radius 1 is 0.357 bits per heavy atom. The van der Waals surface area contributed by atoms with Gasteiger partial charge in [-0.2, -0.15) is 0 Å². The molecular weight excluding hydrogens is 520 g/mol. The van der Waals surface area contributed by atoms with Gasteiger partial charge in [-0.3, -0.25) is 0 Å². The summed E-state index contributed by atoms with van der Waals surface area (Å²) < 4.78 is 23.3. The van der Waals surface area contributed by atoms with E-state index in [0.717, 1.165) is 53.9 Å². The molecule has 0 aliphatic carbocycles. The molecule has 6 aromatic rings. The zero-order valence-electron chi connectivity index (χ0n) is 22.7. The van der Waals surface area contributed by atoms with Gasteiger partial charge in [0.2, 0.25) is 0 Å². The number of fused-ring (bicyclic) bond motifs is 11. The van der Waals surface area contributed by atoms with Gasteiger partial charge in [0.15, 0.2) is 0 Å². The second-order valence-electron chi connectivity index (χ2n) is 9.55. The van der Waals surface area contributed by atoms with Crippen LogP contribution < -0.4 is 18.9 Å². The van der Waals surface area contributed by atoms with E-state index in [-0.39, 0.29) is 26.4 Å². The van der Waals surface area contributed by atoms with Crippen molar-refractivity contribution in [1.29, 1.82) is 0 Å². The van der Waals surface area contributed by atoms with Crippen LogP contribution in [0.1, 0.15) is 0 Å². The van der Waals surface area contributed by atoms with E-state index in [4.69, 9.17) is 44.6 Å². The summed E-state index contributed by atoms with van der Waals surface area (Å²) in [6, 6.07) is 24.2. The summed E-state index contributed by atoms with van der Waals surface area (Å²) in [6.45, 7) is 0.689. The number of hydrogen-bond donors (Lipinski definition) is 0. The highest BCUT2D eigenvalue weighted by atomic mass is 16.5. The van der Waals surface area contributed by atoms with Crippen LogP contribution in [-0.2, 0) is 0 Å². The van der Waals surface area contributed by atoms with Gasteiger partial charge < -0.3 is 18.9 Å². The van der Waals surface area contributed by atoms with Crippen molar-refractivity contribution in [3.8, 4) is 72.4 Å². The van der Waals surface area contributed by atoms with Crippen LogP contribution in [-0.4, -0.2) is 26.4 Å². The minimum atomic E-state index is 0.172. The third-order valence-corrected chi connectivity index (χ3v) is 7.16. The summed E-state index contributed by atoms with van der Waals surface area (Å²) in [4.78, 5) is 0. The predicted molar refractivity (Wildman–Crippen MR) is 171 cm³/mol. The van der Waals surface area contributed by atoms with E-state index in [9.17, 15) is 0 Å². The molecule has 6 aromatic carbocycles. The summed E-state index contributed by atoms with van der Waals surface area (Å²) in [5.74, 6) is 12.9. The maximum Gasteiger partial charge on any atom is 0.148 e. The highest BCUT2D eigenvalue weighted by Gasteiger charge is 2.18. The van der Waals surface area contributed by atoms with Gasteiger partial charge in [0.1, 0.15) is 49.4 Å². The Morgan fingerprint density at radius 3 is 0.810 bits per heavy atom. The third kappa shape index (κ3) is 4.59. The molecule has 0 heterocycles. The fourth-order valence-electron chi connectivity index (χ4n) is 5.54. The van der Waals surface area contributed by atoms with Crippen molar-refractivity contribution in [3.63, 3.8) is 0 Å². The number of benzene rings is 6. The van der Waals surface area contributed by atoms with Gasteiger partial charge in [-0.05, 0) is 102 Å². The van der Waals surface area contributed by atoms with Crippen LogP contribution in [0.15, 0.2) is 72.8 Å². The predicted octanol–water partition coefficient (Wildman–Crippen LogP) is 7.50. The first-order valence-corrected chi connectivity index (χ1v) is 13.2. The molecule has 0 radical (unpaired) electrons. The fraction of sp³-hybridized carbons (Fsp3) is 0.105. The molecule has 4 heteroatoms. The molecule has 0 atom stereocenters. The van der Waals surface area contributed by atoms with Gasteiger partial charge >= 0.3 is 0 Å². The van der Waals surface area contributed by atoms with Gasteiger partial charge in [-0.1, -0.05) is 47.9 Å². The SMILES string of the molecule is C#CCOc1ccc2c(c1)c1cc(OCC#C)ccc1c1c3ccc(OCC#C)cc3c3cc(OCC#C)ccc3c21. The minimum absolute atomic E-state index is 0.172. The minimum Gasteiger partial charge on any atom is -0.481 e. The molecule has 6 rings (SSSR count). The van der Waals surface area contributed by atoms with Crippen LogP contribution >= 0.6 is 0 Å². The molecule has 0 unspecified atom stereocenters. The lowest BCUT2D eigenvalue weighted by atomic mass is 9.87. The lowest BCUT2D eigenvalue weighted by molar-refractivity contribution is 0.370. The second kappa shape index (κ2) is 11.3. The van der Waals surface area contributed by atoms with Gasteiger partial charge in [-0.15, -0.1) is 25.7 Å². The zero-order chi connectivity index (χ0) is 29.1. The van der Waals surface area contributed by atoms with Crippen LogP contribution in [0.5, 0.6) is 23.0 Å². The summed E-state index contributed by atoms with van der Waals surface area (Å²) >= 11 is 0. The second-order valence-corrected chi connectivity index (χ2v) is 9.55. The Labute approximate surface area is 244 Å². The number of ether oxygens (including phenoxy) is 4. The Balaban J connectivity index is 1.79. The molecule has 0 amide bonds. The quantitative estimate of drug-likeness (QED) is 0.147. The van der Waals surface area contributed by atoms with Crippen LogP contribution in [0.25, 0.3) is 53.9 Å². The van der Waals surface area contributed by atoms with E-state index < -0.39 is 0 Å². The molecule has 0 bridgehead atoms. The van der Waals surface area contributed by atoms with Crippen molar-refractivity contribution in [2.75, 3.05) is 26.4 Å². The van der Waals surface area contributed by atoms with Gasteiger partial charge in [0.05, 0.1) is 0 Å². The van der Waals surface area contributed by atoms with E-state index >= 15 is 0 Å². The van der Waals surface area contributed by atoms with Crippen molar-refractivity contribution in [2.45, 2.75) is 0 Å². The standard InChI is InChI=1S/C38H24O4/c1-5-17-39-25-9-13-29-33(21-25)34-22-26(40-18-6-2)10-14-30(34)38-32-16-12-28(42-20-8-4)24-36(32)35-23-27(41-19-7-3)11-15-31(35)37(29)38/h1-4,9-16,21-24H,17-20H2. The van der Waals surface area contributed by atoms with Crippen molar-refractivity contribution in [2.24, 2.45) is 0 Å². The van der Waals surface area contributed by atoms with Gasteiger partial charge in [-0.25, -0.2) is 0 Å². The zero-order valence-corrected chi connectivity index (χ0v) is 22.7. The van der Waals surface area contributed by atoms with E-state index in [1.807, 2.05) is 48.5 Å². The molecule has 200 valence electrons. The van der Waals surface area contributed by atoms with Gasteiger partial charge in [0.25, 0.3) is 0 Å². The van der Waals surface area contributed by atoms with E-state index in [0.29, 0.717) is 23.0 Å². The van der Waals surface area contributed by atoms with Crippen molar-refractivity contribution in [3.05, 3.63) is 72.8 Å². The first-order valence-electron chi connectivity index (χ1n) is 13.2. The van der Waals surface area contributed by atoms with Crippen molar-refractivity contribution >= 4 is 53.9 Å². The van der Waals surface area contributed by atoms with Crippen molar-refractivity contribution < 1.29 is 18.9 Å². The summed E-state index contributed by atoms with van der Waals surface area (Å²) in [7, 11) is 0. The average molecular weight is 545 g/mol. The summed E-state index contributed by atoms with van der Waals surface area (Å²) in [5, 5.41) is 10.4. The number of hydrogen-bond acceptors (Lipinski definition) is 4. The monoisotopic (exact) mass is 544 g/mol. The van der Waals surface area contributed by atoms with Crippen molar-refractivity contribution in [1.82, 2.24) is 0 Å². The number of rotatable bonds is 8. The first-order chi connectivity index (χ1) is 20.7. The van der Waals surface area contributed by atoms with E-state index in [2.05, 4.69) is 47.9 Å². The molecule has 0 saturated heterocycles. The molecule has 0 aliphatic heterocycles. The third-order valence-electron chi connectivity index (χ3n) is 7.16. The molecule has 4 nitrogen and oxygen atoms in total. The maximum absolute atomic E-state index is 5.82. The van der Waals surface area contributed by atoms with Crippen LogP contribution in [0.2, 0.25) is 0 Å². The molecule has 0 aromatic heterocycles. The highest BCUT2D eigenvalue weighted by Crippen LogP contribution is 2.46. The molecule has 0 fully saturated rings. The normalized spacial score (nSPS) is 10.7. The number of terminal acetylenes is 4. The Kier molecular flexibility index (Phi) is 7.06. The van der Waals surface area contributed by atoms with E-state index in [1.54, 1.807) is 0 Å². The van der Waals surface area contributed by atoms with E-state index in [1.165, 1.54) is 0 Å². The Morgan fingerprint density at radius 2 is 0.595 bits per heavy atom. The molecule has 42 heavy (non-hydrogen) atoms. The molecular formula is C38H24O4. The smallest absolute Gasteiger partial charge is 0.148 e.